The SMILES string of the molecule is Cc1cc(C)c(-c2ccc3c(c2)c2ccccc2n3-c2cc(C#N)c(-c3cccc(C#N)c3)cc2-n2c3ccccc3c3cc(-c4c(C)cc(C)cc4C)ccc32)c(C)c1. The van der Waals surface area contributed by atoms with Gasteiger partial charge in [0, 0.05) is 27.1 Å². The van der Waals surface area contributed by atoms with E-state index >= 15 is 0 Å². The summed E-state index contributed by atoms with van der Waals surface area (Å²) >= 11 is 0. The van der Waals surface area contributed by atoms with Crippen LogP contribution in [0.2, 0.25) is 0 Å². The molecule has 0 saturated heterocycles. The fraction of sp³-hybridized carbons (Fsp3) is 0.107. The molecule has 4 nitrogen and oxygen atoms in total. The number of para-hydroxylation sites is 2. The first kappa shape index (κ1) is 36.7. The Labute approximate surface area is 350 Å². The Balaban J connectivity index is 1.32. The number of fused-ring (bicyclic) bond motifs is 6. The van der Waals surface area contributed by atoms with Gasteiger partial charge in [-0.3, -0.25) is 0 Å². The highest BCUT2D eigenvalue weighted by Crippen LogP contribution is 2.43. The third-order valence-electron chi connectivity index (χ3n) is 12.3. The molecule has 286 valence electrons. The van der Waals surface area contributed by atoms with Crippen LogP contribution in [0, 0.1) is 64.2 Å². The second-order valence-electron chi connectivity index (χ2n) is 16.4. The average Bonchev–Trinajstić information content (AvgIpc) is 3.74. The van der Waals surface area contributed by atoms with E-state index in [9.17, 15) is 10.5 Å². The van der Waals surface area contributed by atoms with Crippen LogP contribution < -0.4 is 0 Å². The summed E-state index contributed by atoms with van der Waals surface area (Å²) in [6, 6.07) is 56.6. The molecule has 0 saturated carbocycles. The molecule has 0 fully saturated rings. The summed E-state index contributed by atoms with van der Waals surface area (Å²) in [5, 5.41) is 25.4. The number of hydrogen-bond acceptors (Lipinski definition) is 2. The van der Waals surface area contributed by atoms with Crippen LogP contribution in [0.3, 0.4) is 0 Å². The lowest BCUT2D eigenvalue weighted by Gasteiger charge is -2.20. The highest BCUT2D eigenvalue weighted by atomic mass is 15.1. The van der Waals surface area contributed by atoms with Crippen LogP contribution in [0.25, 0.3) is 88.4 Å². The molecule has 10 aromatic rings. The summed E-state index contributed by atoms with van der Waals surface area (Å²) in [5.41, 5.74) is 21.2. The minimum atomic E-state index is 0.533. The van der Waals surface area contributed by atoms with Crippen LogP contribution in [-0.2, 0) is 0 Å². The van der Waals surface area contributed by atoms with E-state index in [-0.39, 0.29) is 0 Å². The Morgan fingerprint density at radius 1 is 0.383 bits per heavy atom. The molecule has 0 radical (unpaired) electrons. The van der Waals surface area contributed by atoms with Crippen LogP contribution in [0.5, 0.6) is 0 Å². The number of aryl methyl sites for hydroxylation is 6. The zero-order chi connectivity index (χ0) is 41.4. The van der Waals surface area contributed by atoms with Crippen molar-refractivity contribution in [3.8, 4) is 56.9 Å². The van der Waals surface area contributed by atoms with E-state index in [0.29, 0.717) is 11.1 Å². The monoisotopic (exact) mass is 770 g/mol. The maximum Gasteiger partial charge on any atom is 0.0998 e. The smallest absolute Gasteiger partial charge is 0.0998 e. The topological polar surface area (TPSA) is 57.4 Å². The Hall–Kier alpha value is -7.66. The van der Waals surface area contributed by atoms with Gasteiger partial charge in [0.15, 0.2) is 0 Å². The minimum absolute atomic E-state index is 0.533. The maximum absolute atomic E-state index is 10.9. The van der Waals surface area contributed by atoms with Crippen LogP contribution in [0.4, 0.5) is 0 Å². The van der Waals surface area contributed by atoms with Crippen molar-refractivity contribution in [2.75, 3.05) is 0 Å². The van der Waals surface area contributed by atoms with E-state index in [0.717, 1.165) is 66.1 Å². The van der Waals surface area contributed by atoms with Crippen molar-refractivity contribution in [1.82, 2.24) is 9.13 Å². The fourth-order valence-electron chi connectivity index (χ4n) is 10.1. The summed E-state index contributed by atoms with van der Waals surface area (Å²) in [6.07, 6.45) is 0. The van der Waals surface area contributed by atoms with Gasteiger partial charge in [-0.05, 0) is 152 Å². The van der Waals surface area contributed by atoms with Crippen molar-refractivity contribution in [1.29, 1.82) is 10.5 Å². The van der Waals surface area contributed by atoms with E-state index in [1.54, 1.807) is 6.07 Å². The average molecular weight is 771 g/mol. The third-order valence-corrected chi connectivity index (χ3v) is 12.3. The van der Waals surface area contributed by atoms with E-state index in [1.807, 2.05) is 24.3 Å². The lowest BCUT2D eigenvalue weighted by Crippen LogP contribution is -2.05. The maximum atomic E-state index is 10.9. The Bertz CT molecular complexity index is 3480. The molecule has 0 aliphatic carbocycles. The zero-order valence-electron chi connectivity index (χ0n) is 34.6. The molecular formula is C56H42N4. The standard InChI is InChI=1S/C56H42N4/c1-33-22-35(3)55(36(4)23-33)41-18-20-51-47(27-41)44-14-7-9-16-49(44)59(51)53-29-43(32-58)46(40-13-11-12-39(26-40)31-57)30-54(53)60-50-17-10-8-15-45(50)48-28-42(19-21-52(48)60)56-37(5)24-34(2)25-38(56)6/h7-30H,1-6H3. The zero-order valence-corrected chi connectivity index (χ0v) is 34.6. The quantitative estimate of drug-likeness (QED) is 0.175. The molecule has 0 unspecified atom stereocenters. The molecular weight excluding hydrogens is 729 g/mol. The van der Waals surface area contributed by atoms with Crippen LogP contribution >= 0.6 is 0 Å². The summed E-state index contributed by atoms with van der Waals surface area (Å²) in [5.74, 6) is 0. The molecule has 0 bridgehead atoms. The number of rotatable bonds is 5. The molecule has 2 heterocycles. The molecule has 0 N–H and O–H groups in total. The molecule has 0 amide bonds. The van der Waals surface area contributed by atoms with Crippen molar-refractivity contribution in [3.63, 3.8) is 0 Å². The molecule has 60 heavy (non-hydrogen) atoms. The van der Waals surface area contributed by atoms with Crippen molar-refractivity contribution in [3.05, 3.63) is 190 Å². The van der Waals surface area contributed by atoms with Gasteiger partial charge in [0.25, 0.3) is 0 Å². The molecule has 4 heteroatoms. The summed E-state index contributed by atoms with van der Waals surface area (Å²) in [7, 11) is 0. The number of nitrogens with zero attached hydrogens (tertiary/aromatic N) is 4. The van der Waals surface area contributed by atoms with E-state index < -0.39 is 0 Å². The van der Waals surface area contributed by atoms with Gasteiger partial charge in [-0.1, -0.05) is 96.1 Å². The first-order valence-corrected chi connectivity index (χ1v) is 20.5. The lowest BCUT2D eigenvalue weighted by molar-refractivity contribution is 1.09. The highest BCUT2D eigenvalue weighted by molar-refractivity contribution is 6.13. The first-order chi connectivity index (χ1) is 29.1. The second kappa shape index (κ2) is 14.0. The molecule has 0 aliphatic rings. The van der Waals surface area contributed by atoms with Crippen molar-refractivity contribution in [2.45, 2.75) is 41.5 Å². The van der Waals surface area contributed by atoms with Crippen molar-refractivity contribution < 1.29 is 0 Å². The van der Waals surface area contributed by atoms with E-state index in [4.69, 9.17) is 0 Å². The molecule has 8 aromatic carbocycles. The molecule has 2 aromatic heterocycles. The molecule has 0 spiro atoms. The Kier molecular flexibility index (Phi) is 8.57. The van der Waals surface area contributed by atoms with Gasteiger partial charge >= 0.3 is 0 Å². The molecule has 10 rings (SSSR count). The van der Waals surface area contributed by atoms with E-state index in [2.05, 4.69) is 178 Å². The Morgan fingerprint density at radius 3 is 1.33 bits per heavy atom. The first-order valence-electron chi connectivity index (χ1n) is 20.5. The van der Waals surface area contributed by atoms with Gasteiger partial charge in [0.05, 0.1) is 56.7 Å². The summed E-state index contributed by atoms with van der Waals surface area (Å²) < 4.78 is 4.70. The van der Waals surface area contributed by atoms with Crippen molar-refractivity contribution in [2.24, 2.45) is 0 Å². The normalized spacial score (nSPS) is 11.5. The van der Waals surface area contributed by atoms with Gasteiger partial charge in [0.1, 0.15) is 0 Å². The number of nitriles is 2. The van der Waals surface area contributed by atoms with Crippen LogP contribution in [0.15, 0.2) is 146 Å². The van der Waals surface area contributed by atoms with Gasteiger partial charge in [0.2, 0.25) is 0 Å². The molecule has 0 aliphatic heterocycles. The van der Waals surface area contributed by atoms with Crippen molar-refractivity contribution >= 4 is 43.6 Å². The fourth-order valence-corrected chi connectivity index (χ4v) is 10.1. The predicted octanol–water partition coefficient (Wildman–Crippen LogP) is 14.5. The number of benzene rings is 8. The number of aromatic nitrogens is 2. The van der Waals surface area contributed by atoms with Gasteiger partial charge < -0.3 is 9.13 Å². The van der Waals surface area contributed by atoms with Crippen LogP contribution in [-0.4, -0.2) is 9.13 Å². The minimum Gasteiger partial charge on any atom is -0.307 e. The predicted molar refractivity (Wildman–Crippen MR) is 249 cm³/mol. The van der Waals surface area contributed by atoms with E-state index in [1.165, 1.54) is 55.6 Å². The second-order valence-corrected chi connectivity index (χ2v) is 16.4. The van der Waals surface area contributed by atoms with Crippen LogP contribution in [0.1, 0.15) is 44.5 Å². The largest absolute Gasteiger partial charge is 0.307 e. The Morgan fingerprint density at radius 2 is 0.850 bits per heavy atom. The third kappa shape index (κ3) is 5.72. The summed E-state index contributed by atoms with van der Waals surface area (Å²) in [4.78, 5) is 0. The van der Waals surface area contributed by atoms with Gasteiger partial charge in [-0.25, -0.2) is 0 Å². The number of hydrogen-bond donors (Lipinski definition) is 0. The summed E-state index contributed by atoms with van der Waals surface area (Å²) in [6.45, 7) is 13.1. The highest BCUT2D eigenvalue weighted by Gasteiger charge is 2.23. The van der Waals surface area contributed by atoms with Gasteiger partial charge in [-0.15, -0.1) is 0 Å². The van der Waals surface area contributed by atoms with Gasteiger partial charge in [-0.2, -0.15) is 10.5 Å². The molecule has 0 atom stereocenters. The lowest BCUT2D eigenvalue weighted by atomic mass is 9.93.